The zero-order chi connectivity index (χ0) is 29.6. The minimum absolute atomic E-state index is 0.0945. The summed E-state index contributed by atoms with van der Waals surface area (Å²) in [6.45, 7) is 0.909. The lowest BCUT2D eigenvalue weighted by atomic mass is 9.96. The normalized spacial score (nSPS) is 13.5. The molecule has 0 amide bonds. The van der Waals surface area contributed by atoms with Gasteiger partial charge in [-0.1, -0.05) is 12.1 Å². The summed E-state index contributed by atoms with van der Waals surface area (Å²) in [5, 5.41) is 12.0. The van der Waals surface area contributed by atoms with E-state index in [1.165, 1.54) is 66.1 Å². The third-order valence-electron chi connectivity index (χ3n) is 7.28. The van der Waals surface area contributed by atoms with Gasteiger partial charge in [0.05, 0.1) is 37.5 Å². The number of nitriles is 1. The molecular formula is C30H23FN4O5S2. The van der Waals surface area contributed by atoms with Gasteiger partial charge in [0.2, 0.25) is 5.88 Å². The van der Waals surface area contributed by atoms with Crippen LogP contribution in [0.4, 0.5) is 10.1 Å². The largest absolute Gasteiger partial charge is 0.481 e. The molecule has 9 nitrogen and oxygen atoms in total. The second-order valence-corrected chi connectivity index (χ2v) is 12.3. The highest BCUT2D eigenvalue weighted by molar-refractivity contribution is 7.90. The first-order valence-electron chi connectivity index (χ1n) is 12.8. The molecule has 4 heterocycles. The topological polar surface area (TPSA) is 115 Å². The molecule has 0 atom stereocenters. The molecule has 1 aliphatic rings. The van der Waals surface area contributed by atoms with Gasteiger partial charge in [0, 0.05) is 46.9 Å². The van der Waals surface area contributed by atoms with Gasteiger partial charge in [-0.05, 0) is 47.8 Å². The zero-order valence-electron chi connectivity index (χ0n) is 22.4. The quantitative estimate of drug-likeness (QED) is 0.231. The summed E-state index contributed by atoms with van der Waals surface area (Å²) in [5.41, 5.74) is 2.73. The highest BCUT2D eigenvalue weighted by Crippen LogP contribution is 2.46. The Morgan fingerprint density at radius 2 is 1.93 bits per heavy atom. The van der Waals surface area contributed by atoms with Crippen molar-refractivity contribution < 1.29 is 27.1 Å². The fourth-order valence-electron chi connectivity index (χ4n) is 5.21. The highest BCUT2D eigenvalue weighted by Gasteiger charge is 2.35. The lowest BCUT2D eigenvalue weighted by molar-refractivity contribution is -0.146. The molecule has 0 spiro atoms. The van der Waals surface area contributed by atoms with Gasteiger partial charge in [-0.15, -0.1) is 11.3 Å². The van der Waals surface area contributed by atoms with E-state index >= 15 is 0 Å². The van der Waals surface area contributed by atoms with Crippen molar-refractivity contribution in [3.63, 3.8) is 0 Å². The number of methoxy groups -OCH3 is 2. The monoisotopic (exact) mass is 602 g/mol. The third kappa shape index (κ3) is 4.47. The molecule has 0 saturated carbocycles. The molecule has 212 valence electrons. The molecule has 42 heavy (non-hydrogen) atoms. The van der Waals surface area contributed by atoms with Crippen molar-refractivity contribution >= 4 is 43.9 Å². The minimum Gasteiger partial charge on any atom is -0.481 e. The molecule has 1 fully saturated rings. The molecule has 3 aromatic heterocycles. The average Bonchev–Trinajstić information content (AvgIpc) is 3.58. The van der Waals surface area contributed by atoms with Crippen LogP contribution in [0.3, 0.4) is 0 Å². The van der Waals surface area contributed by atoms with Crippen molar-refractivity contribution in [3.8, 4) is 34.3 Å². The number of carbonyl (C=O) groups is 1. The predicted molar refractivity (Wildman–Crippen MR) is 156 cm³/mol. The molecule has 0 aliphatic carbocycles. The average molecular weight is 603 g/mol. The van der Waals surface area contributed by atoms with E-state index < -0.39 is 15.8 Å². The standard InChI is InChI=1S/C30H23FN4O5S2/c1-39-27-9-7-22(15-33-27)42(37,38)35-25-8-6-20(31)13-24(25)28(23-10-11-41-26(23)14-32)29(35)18-4-3-5-21(12-18)34-16-19(17-34)30(36)40-2/h3-13,15,19H,16-17H2,1-2H3. The first-order chi connectivity index (χ1) is 20.3. The number of carbonyl (C=O) groups excluding carboxylic acids is 1. The van der Waals surface area contributed by atoms with Crippen LogP contribution in [0.25, 0.3) is 33.3 Å². The van der Waals surface area contributed by atoms with Crippen molar-refractivity contribution in [3.05, 3.63) is 82.9 Å². The molecule has 1 saturated heterocycles. The first-order valence-corrected chi connectivity index (χ1v) is 15.1. The number of esters is 1. The van der Waals surface area contributed by atoms with Crippen molar-refractivity contribution in [2.24, 2.45) is 5.92 Å². The molecule has 12 heteroatoms. The van der Waals surface area contributed by atoms with Crippen LogP contribution in [0, 0.1) is 23.1 Å². The van der Waals surface area contributed by atoms with Crippen LogP contribution in [0.5, 0.6) is 5.88 Å². The van der Waals surface area contributed by atoms with Gasteiger partial charge in [0.1, 0.15) is 21.7 Å². The van der Waals surface area contributed by atoms with Gasteiger partial charge < -0.3 is 14.4 Å². The Bertz CT molecular complexity index is 1990. The Kier molecular flexibility index (Phi) is 6.92. The van der Waals surface area contributed by atoms with Gasteiger partial charge in [-0.3, -0.25) is 4.79 Å². The summed E-state index contributed by atoms with van der Waals surface area (Å²) in [7, 11) is -1.51. The van der Waals surface area contributed by atoms with Crippen molar-refractivity contribution in [2.45, 2.75) is 4.90 Å². The maximum absolute atomic E-state index is 14.8. The molecule has 0 radical (unpaired) electrons. The van der Waals surface area contributed by atoms with Crippen molar-refractivity contribution in [1.29, 1.82) is 5.26 Å². The number of rotatable bonds is 7. The van der Waals surface area contributed by atoms with Crippen LogP contribution in [-0.2, 0) is 19.6 Å². The van der Waals surface area contributed by atoms with Crippen LogP contribution in [-0.4, -0.2) is 50.7 Å². The minimum atomic E-state index is -4.30. The molecule has 0 unspecified atom stereocenters. The number of thiophene rings is 1. The SMILES string of the molecule is COC(=O)C1CN(c2cccc(-c3c(-c4ccsc4C#N)c4cc(F)ccc4n3S(=O)(=O)c3ccc(OC)nc3)c2)C1. The van der Waals surface area contributed by atoms with Gasteiger partial charge in [-0.25, -0.2) is 21.8 Å². The summed E-state index contributed by atoms with van der Waals surface area (Å²) < 4.78 is 54.6. The maximum atomic E-state index is 14.8. The molecule has 1 aliphatic heterocycles. The van der Waals surface area contributed by atoms with E-state index in [0.717, 1.165) is 5.69 Å². The van der Waals surface area contributed by atoms with Crippen LogP contribution in [0.1, 0.15) is 4.88 Å². The van der Waals surface area contributed by atoms with E-state index in [2.05, 4.69) is 11.1 Å². The number of anilines is 1. The second kappa shape index (κ2) is 10.6. The summed E-state index contributed by atoms with van der Waals surface area (Å²) in [4.78, 5) is 18.3. The lowest BCUT2D eigenvalue weighted by Gasteiger charge is -2.39. The Morgan fingerprint density at radius 3 is 2.62 bits per heavy atom. The molecule has 2 aromatic carbocycles. The van der Waals surface area contributed by atoms with Gasteiger partial charge in [-0.2, -0.15) is 5.26 Å². The summed E-state index contributed by atoms with van der Waals surface area (Å²) in [5.74, 6) is -0.838. The number of nitrogens with zero attached hydrogens (tertiary/aromatic N) is 4. The summed E-state index contributed by atoms with van der Waals surface area (Å²) in [6, 6.07) is 17.9. The number of pyridine rings is 1. The van der Waals surface area contributed by atoms with Crippen molar-refractivity contribution in [1.82, 2.24) is 8.96 Å². The van der Waals surface area contributed by atoms with Gasteiger partial charge >= 0.3 is 5.97 Å². The van der Waals surface area contributed by atoms with Gasteiger partial charge in [0.15, 0.2) is 0 Å². The molecule has 0 bridgehead atoms. The molecule has 0 N–H and O–H groups in total. The zero-order valence-corrected chi connectivity index (χ0v) is 24.1. The number of benzene rings is 2. The smallest absolute Gasteiger partial charge is 0.312 e. The Hall–Kier alpha value is -4.73. The fraction of sp³-hybridized carbons (Fsp3) is 0.167. The first kappa shape index (κ1) is 27.4. The predicted octanol–water partition coefficient (Wildman–Crippen LogP) is 5.30. The number of hydrogen-bond donors (Lipinski definition) is 0. The summed E-state index contributed by atoms with van der Waals surface area (Å²) in [6.07, 6.45) is 1.21. The molecule has 5 aromatic rings. The number of halogens is 1. The highest BCUT2D eigenvalue weighted by atomic mass is 32.2. The van der Waals surface area contributed by atoms with E-state index in [1.807, 2.05) is 17.0 Å². The van der Waals surface area contributed by atoms with E-state index in [4.69, 9.17) is 9.47 Å². The van der Waals surface area contributed by atoms with Gasteiger partial charge in [0.25, 0.3) is 10.0 Å². The van der Waals surface area contributed by atoms with Crippen LogP contribution in [0.15, 0.2) is 77.1 Å². The van der Waals surface area contributed by atoms with Crippen LogP contribution < -0.4 is 9.64 Å². The maximum Gasteiger partial charge on any atom is 0.312 e. The number of hydrogen-bond acceptors (Lipinski definition) is 9. The Labute approximate surface area is 245 Å². The Balaban J connectivity index is 1.63. The van der Waals surface area contributed by atoms with E-state index in [1.54, 1.807) is 23.6 Å². The number of fused-ring (bicyclic) bond motifs is 1. The number of ether oxygens (including phenoxy) is 2. The Morgan fingerprint density at radius 1 is 1.12 bits per heavy atom. The third-order valence-corrected chi connectivity index (χ3v) is 9.80. The van der Waals surface area contributed by atoms with E-state index in [-0.39, 0.29) is 33.9 Å². The van der Waals surface area contributed by atoms with E-state index in [9.17, 15) is 22.9 Å². The van der Waals surface area contributed by atoms with Crippen LogP contribution >= 0.6 is 11.3 Å². The second-order valence-electron chi connectivity index (χ2n) is 9.64. The fourth-order valence-corrected chi connectivity index (χ4v) is 7.39. The molecular weight excluding hydrogens is 579 g/mol. The van der Waals surface area contributed by atoms with Crippen LogP contribution in [0.2, 0.25) is 0 Å². The lowest BCUT2D eigenvalue weighted by Crippen LogP contribution is -2.50. The summed E-state index contributed by atoms with van der Waals surface area (Å²) >= 11 is 1.21. The molecule has 6 rings (SSSR count). The number of aromatic nitrogens is 2. The van der Waals surface area contributed by atoms with Crippen molar-refractivity contribution in [2.75, 3.05) is 32.2 Å². The van der Waals surface area contributed by atoms with E-state index in [0.29, 0.717) is 40.0 Å².